The summed E-state index contributed by atoms with van der Waals surface area (Å²) in [5, 5.41) is 2.57. The summed E-state index contributed by atoms with van der Waals surface area (Å²) in [6.07, 6.45) is 0. The lowest BCUT2D eigenvalue weighted by molar-refractivity contribution is -0.113. The predicted octanol–water partition coefficient (Wildman–Crippen LogP) is 4.23. The second kappa shape index (κ2) is 7.90. The Kier molecular flexibility index (Phi) is 5.63. The van der Waals surface area contributed by atoms with Gasteiger partial charge in [0, 0.05) is 10.2 Å². The van der Waals surface area contributed by atoms with Crippen molar-refractivity contribution >= 4 is 39.3 Å². The predicted molar refractivity (Wildman–Crippen MR) is 96.3 cm³/mol. The second-order valence-electron chi connectivity index (χ2n) is 5.11. The zero-order valence-electron chi connectivity index (χ0n) is 12.7. The zero-order valence-corrected chi connectivity index (χ0v) is 15.1. The highest BCUT2D eigenvalue weighted by atomic mass is 79.9. The summed E-state index contributed by atoms with van der Waals surface area (Å²) in [6, 6.07) is 9.91. The molecule has 2 aromatic rings. The number of benzene rings is 2. The molecule has 0 bridgehead atoms. The second-order valence-corrected chi connectivity index (χ2v) is 6.95. The van der Waals surface area contributed by atoms with E-state index in [0.29, 0.717) is 19.0 Å². The summed E-state index contributed by atoms with van der Waals surface area (Å²) in [7, 11) is 0. The molecule has 0 fully saturated rings. The first-order chi connectivity index (χ1) is 11.6. The molecule has 1 amide bonds. The monoisotopic (exact) mass is 411 g/mol. The van der Waals surface area contributed by atoms with E-state index in [1.165, 1.54) is 23.9 Å². The van der Waals surface area contributed by atoms with E-state index in [1.54, 1.807) is 12.1 Å². The molecule has 4 nitrogen and oxygen atoms in total. The lowest BCUT2D eigenvalue weighted by Gasteiger charge is -2.19. The van der Waals surface area contributed by atoms with Crippen LogP contribution >= 0.6 is 27.7 Å². The van der Waals surface area contributed by atoms with Gasteiger partial charge in [0.05, 0.1) is 11.4 Å². The maximum atomic E-state index is 13.5. The van der Waals surface area contributed by atoms with E-state index in [4.69, 9.17) is 9.47 Å². The Hall–Kier alpha value is -1.73. The van der Waals surface area contributed by atoms with Gasteiger partial charge in [-0.2, -0.15) is 0 Å². The van der Waals surface area contributed by atoms with Crippen LogP contribution in [0.15, 0.2) is 40.9 Å². The lowest BCUT2D eigenvalue weighted by Crippen LogP contribution is -2.16. The minimum absolute atomic E-state index is 0.198. The molecular weight excluding hydrogens is 397 g/mol. The van der Waals surface area contributed by atoms with Crippen LogP contribution in [0.25, 0.3) is 0 Å². The van der Waals surface area contributed by atoms with Crippen LogP contribution in [0.4, 0.5) is 10.1 Å². The minimum Gasteiger partial charge on any atom is -0.486 e. The van der Waals surface area contributed by atoms with Gasteiger partial charge in [-0.25, -0.2) is 4.39 Å². The molecule has 0 spiro atoms. The Morgan fingerprint density at radius 1 is 1.21 bits per heavy atom. The Labute approximate surface area is 151 Å². The van der Waals surface area contributed by atoms with E-state index in [0.717, 1.165) is 21.5 Å². The fourth-order valence-electron chi connectivity index (χ4n) is 2.22. The average molecular weight is 412 g/mol. The highest BCUT2D eigenvalue weighted by Gasteiger charge is 2.15. The molecular formula is C17H15BrFNO3S. The molecule has 0 saturated carbocycles. The van der Waals surface area contributed by atoms with Crippen molar-refractivity contribution in [3.05, 3.63) is 52.3 Å². The van der Waals surface area contributed by atoms with E-state index < -0.39 is 5.82 Å². The Balaban J connectivity index is 1.55. The molecule has 1 aliphatic rings. The number of nitrogens with one attached hydrogen (secondary N) is 1. The van der Waals surface area contributed by atoms with Crippen LogP contribution < -0.4 is 14.8 Å². The first-order valence-electron chi connectivity index (χ1n) is 7.33. The summed E-state index contributed by atoms with van der Waals surface area (Å²) in [4.78, 5) is 11.9. The number of ether oxygens (including phenoxy) is 2. The van der Waals surface area contributed by atoms with Gasteiger partial charge in [-0.15, -0.1) is 11.8 Å². The van der Waals surface area contributed by atoms with Crippen molar-refractivity contribution in [1.82, 2.24) is 0 Å². The van der Waals surface area contributed by atoms with Crippen molar-refractivity contribution < 1.29 is 18.7 Å². The molecule has 0 unspecified atom stereocenters. The molecule has 0 atom stereocenters. The van der Waals surface area contributed by atoms with Crippen molar-refractivity contribution in [2.45, 2.75) is 5.75 Å². The van der Waals surface area contributed by atoms with Crippen molar-refractivity contribution in [2.75, 3.05) is 24.3 Å². The highest BCUT2D eigenvalue weighted by Crippen LogP contribution is 2.36. The molecule has 0 saturated heterocycles. The number of carbonyl (C=O) groups excluding carboxylic acids is 1. The first-order valence-corrected chi connectivity index (χ1v) is 9.28. The Morgan fingerprint density at radius 3 is 2.67 bits per heavy atom. The van der Waals surface area contributed by atoms with E-state index in [1.807, 2.05) is 12.1 Å². The summed E-state index contributed by atoms with van der Waals surface area (Å²) in [5.41, 5.74) is 1.21. The Morgan fingerprint density at radius 2 is 1.92 bits per heavy atom. The number of thioether (sulfide) groups is 1. The van der Waals surface area contributed by atoms with Gasteiger partial charge < -0.3 is 14.8 Å². The highest BCUT2D eigenvalue weighted by molar-refractivity contribution is 9.10. The molecule has 1 aliphatic heterocycles. The average Bonchev–Trinajstić information content (AvgIpc) is 2.57. The molecule has 0 aromatic heterocycles. The van der Waals surface area contributed by atoms with Gasteiger partial charge in [0.2, 0.25) is 5.91 Å². The smallest absolute Gasteiger partial charge is 0.234 e. The quantitative estimate of drug-likeness (QED) is 0.799. The maximum Gasteiger partial charge on any atom is 0.234 e. The number of hydrogen-bond donors (Lipinski definition) is 1. The number of anilines is 1. The number of amides is 1. The van der Waals surface area contributed by atoms with Gasteiger partial charge in [0.25, 0.3) is 0 Å². The van der Waals surface area contributed by atoms with E-state index in [-0.39, 0.29) is 17.3 Å². The van der Waals surface area contributed by atoms with Crippen LogP contribution in [0.1, 0.15) is 5.56 Å². The number of carbonyl (C=O) groups is 1. The van der Waals surface area contributed by atoms with Crippen LogP contribution in [0, 0.1) is 5.82 Å². The van der Waals surface area contributed by atoms with E-state index in [2.05, 4.69) is 21.2 Å². The minimum atomic E-state index is -0.439. The van der Waals surface area contributed by atoms with Gasteiger partial charge in [-0.05, 0) is 29.8 Å². The molecule has 0 aliphatic carbocycles. The number of rotatable bonds is 5. The van der Waals surface area contributed by atoms with Crippen LogP contribution in [0.3, 0.4) is 0 Å². The van der Waals surface area contributed by atoms with Gasteiger partial charge in [-0.3, -0.25) is 4.79 Å². The molecule has 2 aromatic carbocycles. The number of halogens is 2. The fraction of sp³-hybridized carbons (Fsp3) is 0.235. The van der Waals surface area contributed by atoms with Crippen molar-refractivity contribution in [3.63, 3.8) is 0 Å². The van der Waals surface area contributed by atoms with Crippen LogP contribution in [0.2, 0.25) is 0 Å². The van der Waals surface area contributed by atoms with Gasteiger partial charge in [0.15, 0.2) is 11.5 Å². The van der Waals surface area contributed by atoms with Crippen LogP contribution in [0.5, 0.6) is 11.5 Å². The molecule has 0 radical (unpaired) electrons. The number of hydrogen-bond acceptors (Lipinski definition) is 4. The van der Waals surface area contributed by atoms with Gasteiger partial charge in [-0.1, -0.05) is 28.1 Å². The van der Waals surface area contributed by atoms with E-state index in [9.17, 15) is 9.18 Å². The SMILES string of the molecule is O=C(CSCc1cc2c(cc1Br)OCCO2)Nc1ccccc1F. The van der Waals surface area contributed by atoms with Crippen molar-refractivity contribution in [1.29, 1.82) is 0 Å². The molecule has 1 N–H and O–H groups in total. The van der Waals surface area contributed by atoms with Crippen molar-refractivity contribution in [2.24, 2.45) is 0 Å². The first kappa shape index (κ1) is 17.1. The third kappa shape index (κ3) is 4.21. The standard InChI is InChI=1S/C17H15BrFNO3S/c18-12-8-16-15(22-5-6-23-16)7-11(12)9-24-10-17(21)20-14-4-2-1-3-13(14)19/h1-4,7-8H,5-6,9-10H2,(H,20,21). The fourth-order valence-corrected chi connectivity index (χ4v) is 3.69. The molecule has 126 valence electrons. The van der Waals surface area contributed by atoms with E-state index >= 15 is 0 Å². The topological polar surface area (TPSA) is 47.6 Å². The lowest BCUT2D eigenvalue weighted by atomic mass is 10.2. The zero-order chi connectivity index (χ0) is 16.9. The molecule has 3 rings (SSSR count). The third-order valence-electron chi connectivity index (χ3n) is 3.35. The summed E-state index contributed by atoms with van der Waals surface area (Å²) < 4.78 is 25.5. The summed E-state index contributed by atoms with van der Waals surface area (Å²) in [6.45, 7) is 1.08. The normalized spacial score (nSPS) is 12.8. The molecule has 7 heteroatoms. The third-order valence-corrected chi connectivity index (χ3v) is 5.07. The Bertz CT molecular complexity index is 757. The van der Waals surface area contributed by atoms with Crippen LogP contribution in [-0.2, 0) is 10.5 Å². The van der Waals surface area contributed by atoms with Gasteiger partial charge >= 0.3 is 0 Å². The number of para-hydroxylation sites is 1. The number of fused-ring (bicyclic) bond motifs is 1. The molecule has 24 heavy (non-hydrogen) atoms. The summed E-state index contributed by atoms with van der Waals surface area (Å²) in [5.74, 6) is 1.62. The van der Waals surface area contributed by atoms with Crippen molar-refractivity contribution in [3.8, 4) is 11.5 Å². The molecule has 1 heterocycles. The van der Waals surface area contributed by atoms with Crippen LogP contribution in [-0.4, -0.2) is 24.9 Å². The largest absolute Gasteiger partial charge is 0.486 e. The summed E-state index contributed by atoms with van der Waals surface area (Å²) >= 11 is 4.95. The maximum absolute atomic E-state index is 13.5. The van der Waals surface area contributed by atoms with Gasteiger partial charge in [0.1, 0.15) is 19.0 Å².